The molecule has 4 aromatic carbocycles. The van der Waals surface area contributed by atoms with Gasteiger partial charge in [-0.2, -0.15) is 8.78 Å². The lowest BCUT2D eigenvalue weighted by molar-refractivity contribution is -0.145. The number of carbonyl (C=O) groups excluding carboxylic acids is 9. The number of benzene rings is 4. The molecule has 5 aromatic rings. The molecule has 1 aromatic heterocycles. The number of fused-ring (bicyclic) bond motifs is 3. The van der Waals surface area contributed by atoms with Gasteiger partial charge in [-0.1, -0.05) is 84.6 Å². The highest BCUT2D eigenvalue weighted by Gasteiger charge is 2.51. The van der Waals surface area contributed by atoms with Gasteiger partial charge in [0, 0.05) is 85.0 Å². The van der Waals surface area contributed by atoms with E-state index in [1.54, 1.807) is 12.1 Å². The van der Waals surface area contributed by atoms with Crippen molar-refractivity contribution in [2.75, 3.05) is 32.7 Å². The molecule has 10 rings (SSSR count). The Balaban J connectivity index is 0.829. The zero-order chi connectivity index (χ0) is 61.0. The van der Waals surface area contributed by atoms with Gasteiger partial charge in [-0.25, -0.2) is 0 Å². The molecule has 25 heteroatoms. The highest BCUT2D eigenvalue weighted by molar-refractivity contribution is 7.52. The van der Waals surface area contributed by atoms with Gasteiger partial charge >= 0.3 is 13.3 Å². The van der Waals surface area contributed by atoms with E-state index in [-0.39, 0.29) is 105 Å². The molecule has 0 radical (unpaired) electrons. The second kappa shape index (κ2) is 25.5. The number of primary amides is 1. The van der Waals surface area contributed by atoms with E-state index in [1.165, 1.54) is 20.8 Å². The van der Waals surface area contributed by atoms with Crippen LogP contribution in [0.3, 0.4) is 0 Å². The maximum atomic E-state index is 15.1. The monoisotopic (exact) mass is 1200 g/mol. The van der Waals surface area contributed by atoms with Crippen LogP contribution in [-0.2, 0) is 50.3 Å². The molecule has 0 saturated carbocycles. The number of rotatable bonds is 17. The summed E-state index contributed by atoms with van der Waals surface area (Å²) in [5, 5.41) is 10.8. The van der Waals surface area contributed by atoms with Crippen LogP contribution in [0.2, 0.25) is 0 Å². The number of imide groups is 1. The van der Waals surface area contributed by atoms with Crippen molar-refractivity contribution in [2.24, 2.45) is 11.7 Å². The Hall–Kier alpha value is -8.62. The molecule has 5 unspecified atom stereocenters. The van der Waals surface area contributed by atoms with Gasteiger partial charge in [-0.15, -0.1) is 0 Å². The molecule has 0 spiro atoms. The Labute approximate surface area is 493 Å². The van der Waals surface area contributed by atoms with Gasteiger partial charge in [0.25, 0.3) is 11.8 Å². The van der Waals surface area contributed by atoms with E-state index >= 15 is 4.79 Å². The molecular formula is C61H65F2N10O12P. The minimum atomic E-state index is -5.94. The van der Waals surface area contributed by atoms with Crippen molar-refractivity contribution < 1.29 is 66.3 Å². The molecule has 0 aliphatic carbocycles. The molecule has 450 valence electrons. The normalized spacial score (nSPS) is 20.7. The van der Waals surface area contributed by atoms with Gasteiger partial charge in [0.1, 0.15) is 29.9 Å². The first-order valence-corrected chi connectivity index (χ1v) is 30.2. The highest BCUT2D eigenvalue weighted by atomic mass is 31.2. The number of aromatic nitrogens is 1. The standard InChI is InChI=1S/C61H65F2N10O12P/c62-61(63,86(83,84)85)41-16-18-45-40(32-41)33-47(65-45)56(78)67-48-35-71(53(76)27-30-70-28-24-36(25-29-70)14-15-37-12-7-13-43-44(37)34-72(59(43)81)49-21-23-52(75)68-57(49)79)31-26-42-17-20-50(73(42)60(48)82)58(80)66-46(19-22-51(64)74)55(77)69-54(38-8-3-1-4-9-38)39-10-5-2-6-11-39/h1-13,16,18,32-33,36,42,46,48-50,54,65H,17,19-31,34-35H2,(H2,64,74)(H,66,80)(H,67,78)(H,69,77)(H,68,75,79)(H2,83,84,85). The number of piperidine rings is 2. The third kappa shape index (κ3) is 13.3. The van der Waals surface area contributed by atoms with Gasteiger partial charge in [0.05, 0.1) is 6.04 Å². The highest BCUT2D eigenvalue weighted by Crippen LogP contribution is 2.59. The van der Waals surface area contributed by atoms with Crippen LogP contribution in [0.4, 0.5) is 8.78 Å². The SMILES string of the molecule is NC(=O)CCC(NC(=O)C1CCC2CCN(C(=O)CCN3CCC(C#Cc4cccc5c4CN(C4CCC(=O)NC4=O)C5=O)CC3)CC(NC(=O)c3cc4cc(C(F)(F)P(=O)(O)O)ccc4[nH]3)C(=O)N21)C(=O)NC(c1ccccc1)c1ccccc1. The first kappa shape index (κ1) is 60.5. The number of H-pyrrole nitrogens is 1. The van der Waals surface area contributed by atoms with Crippen molar-refractivity contribution in [1.82, 2.24) is 45.9 Å². The fourth-order valence-corrected chi connectivity index (χ4v) is 12.6. The summed E-state index contributed by atoms with van der Waals surface area (Å²) in [5.41, 5.74) is 3.33. The van der Waals surface area contributed by atoms with E-state index in [9.17, 15) is 61.5 Å². The molecule has 4 saturated heterocycles. The third-order valence-electron chi connectivity index (χ3n) is 16.8. The lowest BCUT2D eigenvalue weighted by Crippen LogP contribution is -2.62. The van der Waals surface area contributed by atoms with E-state index < -0.39 is 90.5 Å². The minimum absolute atomic E-state index is 0.0000795. The molecule has 4 fully saturated rings. The quantitative estimate of drug-likeness (QED) is 0.0375. The maximum Gasteiger partial charge on any atom is 0.399 e. The molecule has 5 aliphatic rings. The van der Waals surface area contributed by atoms with Crippen molar-refractivity contribution in [2.45, 2.75) is 113 Å². The number of hydrogen-bond acceptors (Lipinski definition) is 11. The second-order valence-corrected chi connectivity index (χ2v) is 24.1. The van der Waals surface area contributed by atoms with Crippen molar-refractivity contribution in [1.29, 1.82) is 0 Å². The van der Waals surface area contributed by atoms with Crippen molar-refractivity contribution >= 4 is 71.7 Å². The summed E-state index contributed by atoms with van der Waals surface area (Å²) in [5.74, 6) is 1.55. The second-order valence-electron chi connectivity index (χ2n) is 22.4. The van der Waals surface area contributed by atoms with E-state index in [0.717, 1.165) is 34.9 Å². The fourth-order valence-electron chi connectivity index (χ4n) is 12.1. The summed E-state index contributed by atoms with van der Waals surface area (Å²) < 4.78 is 41.3. The number of hydrogen-bond donors (Lipinski definition) is 8. The lowest BCUT2D eigenvalue weighted by Gasteiger charge is -2.39. The number of likely N-dealkylation sites (tertiary alicyclic amines) is 1. The van der Waals surface area contributed by atoms with E-state index in [0.29, 0.717) is 50.0 Å². The number of nitrogens with two attached hydrogens (primary N) is 1. The third-order valence-corrected chi connectivity index (χ3v) is 17.8. The fraction of sp³-hybridized carbons (Fsp3) is 0.393. The average molecular weight is 1200 g/mol. The molecule has 6 heterocycles. The first-order valence-electron chi connectivity index (χ1n) is 28.6. The summed E-state index contributed by atoms with van der Waals surface area (Å²) >= 11 is 0. The number of carbonyl (C=O) groups is 9. The summed E-state index contributed by atoms with van der Waals surface area (Å²) in [6, 6.07) is 21.6. The number of amides is 9. The summed E-state index contributed by atoms with van der Waals surface area (Å²) in [6.45, 7) is 1.59. The Morgan fingerprint density at radius 3 is 2.20 bits per heavy atom. The summed E-state index contributed by atoms with van der Waals surface area (Å²) in [7, 11) is -5.94. The van der Waals surface area contributed by atoms with Gasteiger partial charge < -0.3 is 56.1 Å². The molecule has 22 nitrogen and oxygen atoms in total. The van der Waals surface area contributed by atoms with E-state index in [1.807, 2.05) is 66.7 Å². The molecule has 9 N–H and O–H groups in total. The number of nitrogens with one attached hydrogen (secondary N) is 5. The van der Waals surface area contributed by atoms with Crippen LogP contribution in [0.15, 0.2) is 103 Å². The Morgan fingerprint density at radius 2 is 1.52 bits per heavy atom. The Kier molecular flexibility index (Phi) is 18.0. The predicted octanol–water partition coefficient (Wildman–Crippen LogP) is 3.66. The largest absolute Gasteiger partial charge is 0.399 e. The Bertz CT molecular complexity index is 3560. The van der Waals surface area contributed by atoms with E-state index in [4.69, 9.17) is 5.73 Å². The average Bonchev–Trinajstić information content (AvgIpc) is 1.85. The van der Waals surface area contributed by atoms with Crippen LogP contribution < -0.4 is 27.0 Å². The maximum absolute atomic E-state index is 15.1. The zero-order valence-electron chi connectivity index (χ0n) is 46.7. The van der Waals surface area contributed by atoms with Crippen LogP contribution in [0.5, 0.6) is 0 Å². The molecule has 86 heavy (non-hydrogen) atoms. The van der Waals surface area contributed by atoms with E-state index in [2.05, 4.69) is 43.0 Å². The molecule has 9 amide bonds. The van der Waals surface area contributed by atoms with Crippen LogP contribution in [0.25, 0.3) is 10.9 Å². The predicted molar refractivity (Wildman–Crippen MR) is 307 cm³/mol. The zero-order valence-corrected chi connectivity index (χ0v) is 47.6. The van der Waals surface area contributed by atoms with Crippen molar-refractivity contribution in [3.63, 3.8) is 0 Å². The molecule has 5 atom stereocenters. The topological polar surface area (TPSA) is 314 Å². The minimum Gasteiger partial charge on any atom is -0.370 e. The number of nitrogens with zero attached hydrogens (tertiary/aromatic N) is 4. The number of aromatic amines is 1. The molecular weight excluding hydrogens is 1130 g/mol. The lowest BCUT2D eigenvalue weighted by atomic mass is 9.96. The van der Waals surface area contributed by atoms with Gasteiger partial charge in [0.2, 0.25) is 41.4 Å². The number of halogens is 2. The van der Waals surface area contributed by atoms with Crippen LogP contribution in [0, 0.1) is 17.8 Å². The van der Waals surface area contributed by atoms with Crippen molar-refractivity contribution in [3.05, 3.63) is 142 Å². The summed E-state index contributed by atoms with van der Waals surface area (Å²) in [4.78, 5) is 151. The number of alkyl halides is 2. The van der Waals surface area contributed by atoms with Gasteiger partial charge in [-0.3, -0.25) is 53.0 Å². The van der Waals surface area contributed by atoms with Crippen LogP contribution >= 0.6 is 7.60 Å². The Morgan fingerprint density at radius 1 is 0.814 bits per heavy atom. The van der Waals surface area contributed by atoms with Crippen LogP contribution in [-0.4, -0.2) is 150 Å². The van der Waals surface area contributed by atoms with Gasteiger partial charge in [0.15, 0.2) is 0 Å². The van der Waals surface area contributed by atoms with Crippen molar-refractivity contribution in [3.8, 4) is 11.8 Å². The summed E-state index contributed by atoms with van der Waals surface area (Å²) in [6.07, 6.45) is 2.08. The van der Waals surface area contributed by atoms with Crippen LogP contribution in [0.1, 0.15) is 119 Å². The van der Waals surface area contributed by atoms with Gasteiger partial charge in [-0.05, 0) is 105 Å². The first-order chi connectivity index (χ1) is 41.1. The smallest absolute Gasteiger partial charge is 0.370 e. The molecule has 5 aliphatic heterocycles. The molecule has 0 bridgehead atoms.